The lowest BCUT2D eigenvalue weighted by Gasteiger charge is -2.18. The number of nitrogens with zero attached hydrogens (tertiary/aromatic N) is 1. The SMILES string of the molecule is CCCC(C)(C)c1ncco1. The summed E-state index contributed by atoms with van der Waals surface area (Å²) in [6.07, 6.45) is 5.61. The average molecular weight is 153 g/mol. The summed E-state index contributed by atoms with van der Waals surface area (Å²) >= 11 is 0. The maximum absolute atomic E-state index is 5.24. The monoisotopic (exact) mass is 153 g/mol. The van der Waals surface area contributed by atoms with E-state index in [9.17, 15) is 0 Å². The third-order valence-corrected chi connectivity index (χ3v) is 1.89. The van der Waals surface area contributed by atoms with Crippen LogP contribution in [0.4, 0.5) is 0 Å². The summed E-state index contributed by atoms with van der Waals surface area (Å²) in [7, 11) is 0. The van der Waals surface area contributed by atoms with Crippen molar-refractivity contribution in [2.24, 2.45) is 0 Å². The van der Waals surface area contributed by atoms with E-state index < -0.39 is 0 Å². The largest absolute Gasteiger partial charge is 0.448 e. The second kappa shape index (κ2) is 3.07. The molecular formula is C9H15NO. The Kier molecular flexibility index (Phi) is 2.32. The van der Waals surface area contributed by atoms with Crippen LogP contribution < -0.4 is 0 Å². The molecule has 0 aromatic carbocycles. The molecule has 0 saturated heterocycles. The highest BCUT2D eigenvalue weighted by atomic mass is 16.3. The highest BCUT2D eigenvalue weighted by Crippen LogP contribution is 2.26. The Hall–Kier alpha value is -0.790. The molecule has 0 radical (unpaired) electrons. The molecule has 2 heteroatoms. The molecule has 0 fully saturated rings. The quantitative estimate of drug-likeness (QED) is 0.667. The van der Waals surface area contributed by atoms with Crippen LogP contribution in [0.3, 0.4) is 0 Å². The van der Waals surface area contributed by atoms with Crippen LogP contribution in [0, 0.1) is 0 Å². The van der Waals surface area contributed by atoms with E-state index in [0.29, 0.717) is 0 Å². The molecule has 1 aromatic heterocycles. The lowest BCUT2D eigenvalue weighted by Crippen LogP contribution is -2.16. The molecule has 1 heterocycles. The fraction of sp³-hybridized carbons (Fsp3) is 0.667. The summed E-state index contributed by atoms with van der Waals surface area (Å²) in [5.41, 5.74) is 0.0955. The minimum absolute atomic E-state index is 0.0955. The average Bonchev–Trinajstić information content (AvgIpc) is 2.37. The fourth-order valence-electron chi connectivity index (χ4n) is 1.29. The van der Waals surface area contributed by atoms with Crippen LogP contribution in [0.1, 0.15) is 39.5 Å². The van der Waals surface area contributed by atoms with Crippen LogP contribution in [-0.2, 0) is 5.41 Å². The zero-order valence-corrected chi connectivity index (χ0v) is 7.42. The van der Waals surface area contributed by atoms with E-state index in [4.69, 9.17) is 4.42 Å². The fourth-order valence-corrected chi connectivity index (χ4v) is 1.29. The molecule has 0 N–H and O–H groups in total. The Morgan fingerprint density at radius 3 is 2.73 bits per heavy atom. The Balaban J connectivity index is 2.73. The molecule has 0 spiro atoms. The summed E-state index contributed by atoms with van der Waals surface area (Å²) in [4.78, 5) is 4.14. The van der Waals surface area contributed by atoms with Gasteiger partial charge in [-0.3, -0.25) is 0 Å². The molecule has 11 heavy (non-hydrogen) atoms. The molecule has 1 rings (SSSR count). The first-order valence-electron chi connectivity index (χ1n) is 4.07. The van der Waals surface area contributed by atoms with Crippen LogP contribution in [0.25, 0.3) is 0 Å². The Labute approximate surface area is 67.6 Å². The first-order valence-corrected chi connectivity index (χ1v) is 4.07. The van der Waals surface area contributed by atoms with Crippen molar-refractivity contribution >= 4 is 0 Å². The molecule has 0 aliphatic carbocycles. The van der Waals surface area contributed by atoms with Gasteiger partial charge in [0.05, 0.1) is 6.20 Å². The van der Waals surface area contributed by atoms with Gasteiger partial charge in [-0.2, -0.15) is 0 Å². The molecule has 0 bridgehead atoms. The van der Waals surface area contributed by atoms with E-state index in [0.717, 1.165) is 18.7 Å². The first-order chi connectivity index (χ1) is 5.17. The van der Waals surface area contributed by atoms with Gasteiger partial charge in [-0.25, -0.2) is 4.98 Å². The summed E-state index contributed by atoms with van der Waals surface area (Å²) in [6, 6.07) is 0. The molecular weight excluding hydrogens is 138 g/mol. The van der Waals surface area contributed by atoms with E-state index in [2.05, 4.69) is 25.8 Å². The maximum atomic E-state index is 5.24. The van der Waals surface area contributed by atoms with Gasteiger partial charge < -0.3 is 4.42 Å². The number of aromatic nitrogens is 1. The lowest BCUT2D eigenvalue weighted by molar-refractivity contribution is 0.347. The van der Waals surface area contributed by atoms with Crippen molar-refractivity contribution in [1.29, 1.82) is 0 Å². The van der Waals surface area contributed by atoms with Gasteiger partial charge in [0.25, 0.3) is 0 Å². The van der Waals surface area contributed by atoms with Crippen molar-refractivity contribution in [3.63, 3.8) is 0 Å². The summed E-state index contributed by atoms with van der Waals surface area (Å²) in [5.74, 6) is 0.847. The Bertz CT molecular complexity index is 201. The molecule has 2 nitrogen and oxygen atoms in total. The molecule has 0 unspecified atom stereocenters. The van der Waals surface area contributed by atoms with Gasteiger partial charge >= 0.3 is 0 Å². The molecule has 1 aromatic rings. The predicted octanol–water partition coefficient (Wildman–Crippen LogP) is 2.75. The topological polar surface area (TPSA) is 26.0 Å². The highest BCUT2D eigenvalue weighted by molar-refractivity contribution is 4.98. The highest BCUT2D eigenvalue weighted by Gasteiger charge is 2.23. The number of hydrogen-bond acceptors (Lipinski definition) is 2. The minimum atomic E-state index is 0.0955. The normalized spacial score (nSPS) is 11.9. The zero-order chi connectivity index (χ0) is 8.32. The standard InChI is InChI=1S/C9H15NO/c1-4-5-9(2,3)8-10-6-7-11-8/h6-7H,4-5H2,1-3H3. The number of oxazole rings is 1. The minimum Gasteiger partial charge on any atom is -0.448 e. The summed E-state index contributed by atoms with van der Waals surface area (Å²) < 4.78 is 5.24. The van der Waals surface area contributed by atoms with Gasteiger partial charge in [0.1, 0.15) is 6.26 Å². The van der Waals surface area contributed by atoms with Crippen LogP contribution in [-0.4, -0.2) is 4.98 Å². The van der Waals surface area contributed by atoms with Crippen molar-refractivity contribution in [3.05, 3.63) is 18.4 Å². The van der Waals surface area contributed by atoms with Crippen LogP contribution >= 0.6 is 0 Å². The third kappa shape index (κ3) is 1.82. The first kappa shape index (κ1) is 8.31. The van der Waals surface area contributed by atoms with Crippen LogP contribution in [0.15, 0.2) is 16.9 Å². The van der Waals surface area contributed by atoms with E-state index in [1.807, 2.05) is 0 Å². The van der Waals surface area contributed by atoms with Crippen LogP contribution in [0.2, 0.25) is 0 Å². The molecule has 0 aliphatic heterocycles. The summed E-state index contributed by atoms with van der Waals surface area (Å²) in [5, 5.41) is 0. The van der Waals surface area contributed by atoms with Crippen molar-refractivity contribution in [2.75, 3.05) is 0 Å². The van der Waals surface area contributed by atoms with Crippen molar-refractivity contribution in [3.8, 4) is 0 Å². The second-order valence-electron chi connectivity index (χ2n) is 3.47. The van der Waals surface area contributed by atoms with Gasteiger partial charge in [-0.1, -0.05) is 27.2 Å². The van der Waals surface area contributed by atoms with Gasteiger partial charge in [0.15, 0.2) is 5.89 Å². The molecule has 0 saturated carbocycles. The lowest BCUT2D eigenvalue weighted by atomic mass is 9.88. The zero-order valence-electron chi connectivity index (χ0n) is 7.42. The number of hydrogen-bond donors (Lipinski definition) is 0. The smallest absolute Gasteiger partial charge is 0.199 e. The second-order valence-corrected chi connectivity index (χ2v) is 3.47. The molecule has 0 atom stereocenters. The van der Waals surface area contributed by atoms with Crippen LogP contribution in [0.5, 0.6) is 0 Å². The molecule has 62 valence electrons. The van der Waals surface area contributed by atoms with E-state index >= 15 is 0 Å². The predicted molar refractivity (Wildman–Crippen MR) is 44.4 cm³/mol. The summed E-state index contributed by atoms with van der Waals surface area (Å²) in [6.45, 7) is 6.48. The Morgan fingerprint density at radius 1 is 1.55 bits per heavy atom. The van der Waals surface area contributed by atoms with Crippen molar-refractivity contribution in [1.82, 2.24) is 4.98 Å². The van der Waals surface area contributed by atoms with E-state index in [1.54, 1.807) is 12.5 Å². The van der Waals surface area contributed by atoms with Crippen molar-refractivity contribution < 1.29 is 4.42 Å². The van der Waals surface area contributed by atoms with Gasteiger partial charge in [-0.05, 0) is 6.42 Å². The Morgan fingerprint density at radius 2 is 2.27 bits per heavy atom. The molecule has 0 amide bonds. The van der Waals surface area contributed by atoms with Gasteiger partial charge in [-0.15, -0.1) is 0 Å². The number of rotatable bonds is 3. The maximum Gasteiger partial charge on any atom is 0.199 e. The third-order valence-electron chi connectivity index (χ3n) is 1.89. The van der Waals surface area contributed by atoms with Gasteiger partial charge in [0.2, 0.25) is 0 Å². The molecule has 0 aliphatic rings. The van der Waals surface area contributed by atoms with E-state index in [1.165, 1.54) is 0 Å². The van der Waals surface area contributed by atoms with Gasteiger partial charge in [0, 0.05) is 5.41 Å². The van der Waals surface area contributed by atoms with E-state index in [-0.39, 0.29) is 5.41 Å². The van der Waals surface area contributed by atoms with Crippen molar-refractivity contribution in [2.45, 2.75) is 39.0 Å².